The molecule has 0 aliphatic carbocycles. The first-order valence-electron chi connectivity index (χ1n) is 6.70. The average Bonchev–Trinajstić information content (AvgIpc) is 2.90. The van der Waals surface area contributed by atoms with E-state index in [1.165, 1.54) is 12.1 Å². The third kappa shape index (κ3) is 2.50. The molecule has 0 bridgehead atoms. The summed E-state index contributed by atoms with van der Waals surface area (Å²) in [6, 6.07) is 16.3. The second-order valence-electron chi connectivity index (χ2n) is 5.01. The topological polar surface area (TPSA) is 64.7 Å². The largest absolute Gasteiger partial charge is 0.387 e. The molecule has 0 saturated carbocycles. The van der Waals surface area contributed by atoms with E-state index in [4.69, 9.17) is 4.84 Å². The number of nitro groups is 1. The predicted molar refractivity (Wildman–Crippen MR) is 79.1 cm³/mol. The molecule has 0 aromatic heterocycles. The molecule has 21 heavy (non-hydrogen) atoms. The first-order valence-corrected chi connectivity index (χ1v) is 6.70. The highest BCUT2D eigenvalue weighted by atomic mass is 16.6. The monoisotopic (exact) mass is 282 g/mol. The van der Waals surface area contributed by atoms with Crippen molar-refractivity contribution in [3.8, 4) is 0 Å². The Hall–Kier alpha value is -2.69. The van der Waals surface area contributed by atoms with Crippen molar-refractivity contribution < 1.29 is 9.76 Å². The van der Waals surface area contributed by atoms with Gasteiger partial charge in [-0.15, -0.1) is 0 Å². The zero-order valence-corrected chi connectivity index (χ0v) is 11.5. The Kier molecular flexibility index (Phi) is 3.39. The van der Waals surface area contributed by atoms with Gasteiger partial charge in [0.1, 0.15) is 0 Å². The van der Waals surface area contributed by atoms with Crippen molar-refractivity contribution in [3.05, 3.63) is 75.8 Å². The minimum absolute atomic E-state index is 0.0746. The number of nitrogens with zero attached hydrogens (tertiary/aromatic N) is 2. The summed E-state index contributed by atoms with van der Waals surface area (Å²) in [7, 11) is 0. The van der Waals surface area contributed by atoms with Crippen molar-refractivity contribution in [1.29, 1.82) is 0 Å². The van der Waals surface area contributed by atoms with Crippen molar-refractivity contribution in [2.45, 2.75) is 13.0 Å². The first-order chi connectivity index (χ1) is 10.2. The molecular formula is C16H14N2O3. The van der Waals surface area contributed by atoms with Crippen LogP contribution in [-0.4, -0.2) is 10.6 Å². The Morgan fingerprint density at radius 3 is 2.38 bits per heavy atom. The SMILES string of the molecule is C[C@H]1C(c2ccc([N+](=O)[O-])cc2)=NO[C@@H]1c1ccccc1. The van der Waals surface area contributed by atoms with E-state index in [1.807, 2.05) is 37.3 Å². The second kappa shape index (κ2) is 5.36. The van der Waals surface area contributed by atoms with E-state index in [1.54, 1.807) is 12.1 Å². The van der Waals surface area contributed by atoms with E-state index >= 15 is 0 Å². The molecule has 0 N–H and O–H groups in total. The molecule has 1 aliphatic heterocycles. The van der Waals surface area contributed by atoms with Crippen molar-refractivity contribution in [2.75, 3.05) is 0 Å². The van der Waals surface area contributed by atoms with Crippen LogP contribution >= 0.6 is 0 Å². The van der Waals surface area contributed by atoms with E-state index in [9.17, 15) is 10.1 Å². The van der Waals surface area contributed by atoms with Gasteiger partial charge in [-0.2, -0.15) is 0 Å². The molecule has 2 aromatic carbocycles. The maximum Gasteiger partial charge on any atom is 0.269 e. The molecule has 106 valence electrons. The Labute approximate surface area is 122 Å². The Morgan fingerprint density at radius 1 is 1.10 bits per heavy atom. The van der Waals surface area contributed by atoms with E-state index in [-0.39, 0.29) is 17.7 Å². The minimum atomic E-state index is -0.410. The smallest absolute Gasteiger partial charge is 0.269 e. The molecule has 5 nitrogen and oxygen atoms in total. The Morgan fingerprint density at radius 2 is 1.76 bits per heavy atom. The fourth-order valence-corrected chi connectivity index (χ4v) is 2.49. The highest BCUT2D eigenvalue weighted by molar-refractivity contribution is 6.03. The molecule has 0 amide bonds. The zero-order valence-electron chi connectivity index (χ0n) is 11.5. The molecule has 0 fully saturated rings. The summed E-state index contributed by atoms with van der Waals surface area (Å²) in [6.45, 7) is 2.05. The van der Waals surface area contributed by atoms with Gasteiger partial charge in [0.25, 0.3) is 5.69 Å². The fraction of sp³-hybridized carbons (Fsp3) is 0.188. The van der Waals surface area contributed by atoms with Crippen LogP contribution in [0, 0.1) is 16.0 Å². The summed E-state index contributed by atoms with van der Waals surface area (Å²) in [5, 5.41) is 14.9. The van der Waals surface area contributed by atoms with Crippen LogP contribution in [0.25, 0.3) is 0 Å². The van der Waals surface area contributed by atoms with Crippen LogP contribution in [-0.2, 0) is 4.84 Å². The molecule has 0 saturated heterocycles. The van der Waals surface area contributed by atoms with Crippen LogP contribution in [0.5, 0.6) is 0 Å². The normalized spacial score (nSPS) is 20.7. The highest BCUT2D eigenvalue weighted by Gasteiger charge is 2.32. The van der Waals surface area contributed by atoms with Gasteiger partial charge in [-0.3, -0.25) is 10.1 Å². The summed E-state index contributed by atoms with van der Waals surface area (Å²) in [4.78, 5) is 15.8. The fourth-order valence-electron chi connectivity index (χ4n) is 2.49. The van der Waals surface area contributed by atoms with Crippen LogP contribution in [0.2, 0.25) is 0 Å². The standard InChI is InChI=1S/C16H14N2O3/c1-11-15(12-7-9-14(10-8-12)18(19)20)17-21-16(11)13-5-3-2-4-6-13/h2-11,16H,1H3/t11-,16-/m0/s1. The Bertz CT molecular complexity index is 680. The van der Waals surface area contributed by atoms with Crippen molar-refractivity contribution in [3.63, 3.8) is 0 Å². The molecule has 1 aliphatic rings. The van der Waals surface area contributed by atoms with E-state index in [0.29, 0.717) is 0 Å². The lowest BCUT2D eigenvalue weighted by atomic mass is 9.90. The van der Waals surface area contributed by atoms with Gasteiger partial charge in [-0.25, -0.2) is 0 Å². The van der Waals surface area contributed by atoms with Crippen LogP contribution in [0.15, 0.2) is 59.8 Å². The van der Waals surface area contributed by atoms with Gasteiger partial charge in [-0.1, -0.05) is 42.4 Å². The molecule has 1 heterocycles. The van der Waals surface area contributed by atoms with Gasteiger partial charge in [-0.05, 0) is 17.7 Å². The van der Waals surface area contributed by atoms with E-state index in [2.05, 4.69) is 5.16 Å². The number of nitro benzene ring substituents is 1. The predicted octanol–water partition coefficient (Wildman–Crippen LogP) is 3.71. The van der Waals surface area contributed by atoms with Gasteiger partial charge in [0, 0.05) is 23.6 Å². The number of non-ortho nitro benzene ring substituents is 1. The van der Waals surface area contributed by atoms with Crippen molar-refractivity contribution in [2.24, 2.45) is 11.1 Å². The lowest BCUT2D eigenvalue weighted by Gasteiger charge is -2.14. The summed E-state index contributed by atoms with van der Waals surface area (Å²) < 4.78 is 0. The summed E-state index contributed by atoms with van der Waals surface area (Å²) in [5.41, 5.74) is 2.82. The maximum atomic E-state index is 10.7. The van der Waals surface area contributed by atoms with Crippen molar-refractivity contribution in [1.82, 2.24) is 0 Å². The van der Waals surface area contributed by atoms with Crippen LogP contribution < -0.4 is 0 Å². The van der Waals surface area contributed by atoms with Crippen LogP contribution in [0.1, 0.15) is 24.2 Å². The van der Waals surface area contributed by atoms with E-state index in [0.717, 1.165) is 16.8 Å². The zero-order chi connectivity index (χ0) is 14.8. The molecule has 0 radical (unpaired) electrons. The molecular weight excluding hydrogens is 268 g/mol. The molecule has 3 rings (SSSR count). The maximum absolute atomic E-state index is 10.7. The third-order valence-corrected chi connectivity index (χ3v) is 3.65. The van der Waals surface area contributed by atoms with Gasteiger partial charge in [0.15, 0.2) is 6.10 Å². The highest BCUT2D eigenvalue weighted by Crippen LogP contribution is 2.34. The molecule has 0 spiro atoms. The van der Waals surface area contributed by atoms with Crippen LogP contribution in [0.3, 0.4) is 0 Å². The number of hydrogen-bond acceptors (Lipinski definition) is 4. The van der Waals surface area contributed by atoms with Gasteiger partial charge >= 0.3 is 0 Å². The summed E-state index contributed by atoms with van der Waals surface area (Å²) in [5.74, 6) is 0.0915. The lowest BCUT2D eigenvalue weighted by molar-refractivity contribution is -0.384. The van der Waals surface area contributed by atoms with Crippen LogP contribution in [0.4, 0.5) is 5.69 Å². The molecule has 0 unspecified atom stereocenters. The third-order valence-electron chi connectivity index (χ3n) is 3.65. The van der Waals surface area contributed by atoms with Crippen molar-refractivity contribution >= 4 is 11.4 Å². The Balaban J connectivity index is 1.83. The lowest BCUT2D eigenvalue weighted by Crippen LogP contribution is -2.14. The average molecular weight is 282 g/mol. The second-order valence-corrected chi connectivity index (χ2v) is 5.01. The quantitative estimate of drug-likeness (QED) is 0.636. The summed E-state index contributed by atoms with van der Waals surface area (Å²) in [6.07, 6.45) is -0.114. The number of rotatable bonds is 3. The molecule has 2 atom stereocenters. The number of oxime groups is 1. The van der Waals surface area contributed by atoms with E-state index < -0.39 is 4.92 Å². The number of hydrogen-bond donors (Lipinski definition) is 0. The summed E-state index contributed by atoms with van der Waals surface area (Å²) >= 11 is 0. The minimum Gasteiger partial charge on any atom is -0.387 e. The van der Waals surface area contributed by atoms with Gasteiger partial charge < -0.3 is 4.84 Å². The molecule has 5 heteroatoms. The van der Waals surface area contributed by atoms with Gasteiger partial charge in [0.05, 0.1) is 10.6 Å². The number of benzene rings is 2. The van der Waals surface area contributed by atoms with Gasteiger partial charge in [0.2, 0.25) is 0 Å². The first kappa shape index (κ1) is 13.3. The molecule has 2 aromatic rings.